The van der Waals surface area contributed by atoms with Crippen LogP contribution in [-0.4, -0.2) is 11.4 Å². The normalized spacial score (nSPS) is 17.8. The molecule has 1 aromatic carbocycles. The summed E-state index contributed by atoms with van der Waals surface area (Å²) in [5.74, 6) is -3.97. The van der Waals surface area contributed by atoms with Crippen LogP contribution in [0, 0.1) is 17.5 Å². The molecule has 1 aromatic rings. The van der Waals surface area contributed by atoms with E-state index in [-0.39, 0.29) is 0 Å². The number of halogens is 3. The van der Waals surface area contributed by atoms with Crippen LogP contribution < -0.4 is 11.1 Å². The maximum absolute atomic E-state index is 13.3. The van der Waals surface area contributed by atoms with Crippen LogP contribution >= 0.6 is 0 Å². The van der Waals surface area contributed by atoms with Crippen molar-refractivity contribution in [3.05, 3.63) is 29.6 Å². The Balaban J connectivity index is 2.22. The summed E-state index contributed by atoms with van der Waals surface area (Å²) in [5, 5.41) is 2.11. The van der Waals surface area contributed by atoms with E-state index in [0.717, 1.165) is 12.8 Å². The van der Waals surface area contributed by atoms with Crippen LogP contribution in [0.4, 0.5) is 18.9 Å². The van der Waals surface area contributed by atoms with Crippen LogP contribution in [-0.2, 0) is 4.79 Å². The second kappa shape index (κ2) is 4.61. The summed E-state index contributed by atoms with van der Waals surface area (Å²) in [6.07, 6.45) is 2.56. The van der Waals surface area contributed by atoms with Gasteiger partial charge in [-0.2, -0.15) is 0 Å². The maximum atomic E-state index is 13.3. The summed E-state index contributed by atoms with van der Waals surface area (Å²) < 4.78 is 39.4. The molecular weight excluding hydrogens is 245 g/mol. The Labute approximate surface area is 102 Å². The van der Waals surface area contributed by atoms with E-state index < -0.39 is 34.6 Å². The fourth-order valence-electron chi connectivity index (χ4n) is 2.13. The van der Waals surface area contributed by atoms with E-state index in [4.69, 9.17) is 5.73 Å². The lowest BCUT2D eigenvalue weighted by Gasteiger charge is -2.22. The molecule has 1 aliphatic rings. The minimum absolute atomic E-state index is 0.475. The lowest BCUT2D eigenvalue weighted by molar-refractivity contribution is -0.121. The van der Waals surface area contributed by atoms with Crippen LogP contribution in [0.3, 0.4) is 0 Å². The third-order valence-electron chi connectivity index (χ3n) is 3.19. The third kappa shape index (κ3) is 2.33. The molecule has 1 amide bonds. The predicted molar refractivity (Wildman–Crippen MR) is 60.3 cm³/mol. The number of nitrogens with one attached hydrogen (secondary N) is 1. The molecule has 0 bridgehead atoms. The average molecular weight is 258 g/mol. The predicted octanol–water partition coefficient (Wildman–Crippen LogP) is 2.31. The van der Waals surface area contributed by atoms with Crippen molar-refractivity contribution in [3.8, 4) is 0 Å². The first-order valence-electron chi connectivity index (χ1n) is 5.67. The van der Waals surface area contributed by atoms with Crippen molar-refractivity contribution in [2.24, 2.45) is 5.73 Å². The second-order valence-electron chi connectivity index (χ2n) is 4.56. The highest BCUT2D eigenvalue weighted by atomic mass is 19.1. The van der Waals surface area contributed by atoms with Gasteiger partial charge in [0.1, 0.15) is 11.5 Å². The zero-order valence-electron chi connectivity index (χ0n) is 9.60. The Morgan fingerprint density at radius 1 is 1.17 bits per heavy atom. The number of nitrogens with two attached hydrogens (primary N) is 1. The van der Waals surface area contributed by atoms with E-state index in [2.05, 4.69) is 5.32 Å². The van der Waals surface area contributed by atoms with Crippen molar-refractivity contribution in [2.45, 2.75) is 31.2 Å². The molecule has 1 saturated carbocycles. The van der Waals surface area contributed by atoms with E-state index >= 15 is 0 Å². The van der Waals surface area contributed by atoms with Gasteiger partial charge in [0.15, 0.2) is 11.6 Å². The van der Waals surface area contributed by atoms with E-state index in [1.54, 1.807) is 0 Å². The van der Waals surface area contributed by atoms with Gasteiger partial charge in [0.25, 0.3) is 0 Å². The molecule has 6 heteroatoms. The quantitative estimate of drug-likeness (QED) is 0.855. The number of amides is 1. The Hall–Kier alpha value is -1.56. The largest absolute Gasteiger partial charge is 0.320 e. The number of benzene rings is 1. The van der Waals surface area contributed by atoms with E-state index in [0.29, 0.717) is 25.0 Å². The number of hydrogen-bond donors (Lipinski definition) is 2. The molecule has 0 atom stereocenters. The van der Waals surface area contributed by atoms with Crippen LogP contribution in [0.25, 0.3) is 0 Å². The van der Waals surface area contributed by atoms with Gasteiger partial charge in [-0.05, 0) is 12.8 Å². The Kier molecular flexibility index (Phi) is 3.30. The fourth-order valence-corrected chi connectivity index (χ4v) is 2.13. The van der Waals surface area contributed by atoms with Gasteiger partial charge < -0.3 is 11.1 Å². The van der Waals surface area contributed by atoms with Gasteiger partial charge in [-0.3, -0.25) is 4.79 Å². The Morgan fingerprint density at radius 3 is 2.17 bits per heavy atom. The molecule has 0 aliphatic heterocycles. The molecule has 0 unspecified atom stereocenters. The number of anilines is 1. The van der Waals surface area contributed by atoms with Crippen LogP contribution in [0.1, 0.15) is 25.7 Å². The summed E-state index contributed by atoms with van der Waals surface area (Å²) in [6.45, 7) is 0. The maximum Gasteiger partial charge on any atom is 0.244 e. The van der Waals surface area contributed by atoms with Gasteiger partial charge >= 0.3 is 0 Å². The zero-order valence-corrected chi connectivity index (χ0v) is 9.60. The lowest BCUT2D eigenvalue weighted by Crippen LogP contribution is -2.48. The molecule has 3 N–H and O–H groups in total. The monoisotopic (exact) mass is 258 g/mol. The van der Waals surface area contributed by atoms with Crippen molar-refractivity contribution in [3.63, 3.8) is 0 Å². The summed E-state index contributed by atoms with van der Waals surface area (Å²) >= 11 is 0. The van der Waals surface area contributed by atoms with E-state index in [9.17, 15) is 18.0 Å². The molecule has 0 aromatic heterocycles. The first-order valence-corrected chi connectivity index (χ1v) is 5.67. The molecule has 0 radical (unpaired) electrons. The second-order valence-corrected chi connectivity index (χ2v) is 4.56. The first kappa shape index (κ1) is 12.9. The summed E-state index contributed by atoms with van der Waals surface area (Å²) in [7, 11) is 0. The number of carbonyl (C=O) groups excluding carboxylic acids is 1. The number of carbonyl (C=O) groups is 1. The average Bonchev–Trinajstić information content (AvgIpc) is 2.71. The number of rotatable bonds is 2. The molecule has 1 aliphatic carbocycles. The smallest absolute Gasteiger partial charge is 0.244 e. The summed E-state index contributed by atoms with van der Waals surface area (Å²) in [6, 6.07) is 1.02. The SMILES string of the molecule is NC1(C(=O)Nc2c(F)cc(F)cc2F)CCCC1. The Bertz CT molecular complexity index is 461. The molecule has 2 rings (SSSR count). The van der Waals surface area contributed by atoms with Crippen molar-refractivity contribution in [1.29, 1.82) is 0 Å². The summed E-state index contributed by atoms with van der Waals surface area (Å²) in [4.78, 5) is 11.9. The molecule has 3 nitrogen and oxygen atoms in total. The highest BCUT2D eigenvalue weighted by Gasteiger charge is 2.37. The van der Waals surface area contributed by atoms with Crippen molar-refractivity contribution in [2.75, 3.05) is 5.32 Å². The highest BCUT2D eigenvalue weighted by Crippen LogP contribution is 2.29. The first-order chi connectivity index (χ1) is 8.42. The van der Waals surface area contributed by atoms with Crippen LogP contribution in [0.15, 0.2) is 12.1 Å². The van der Waals surface area contributed by atoms with Gasteiger partial charge in [0, 0.05) is 12.1 Å². The fraction of sp³-hybridized carbons (Fsp3) is 0.417. The molecule has 0 saturated heterocycles. The van der Waals surface area contributed by atoms with E-state index in [1.165, 1.54) is 0 Å². The molecule has 0 heterocycles. The van der Waals surface area contributed by atoms with Gasteiger partial charge in [0.05, 0.1) is 5.54 Å². The molecule has 98 valence electrons. The van der Waals surface area contributed by atoms with Crippen molar-refractivity contribution in [1.82, 2.24) is 0 Å². The van der Waals surface area contributed by atoms with Gasteiger partial charge in [-0.15, -0.1) is 0 Å². The van der Waals surface area contributed by atoms with Crippen LogP contribution in [0.5, 0.6) is 0 Å². The van der Waals surface area contributed by atoms with Gasteiger partial charge in [-0.25, -0.2) is 13.2 Å². The highest BCUT2D eigenvalue weighted by molar-refractivity contribution is 5.98. The van der Waals surface area contributed by atoms with E-state index in [1.807, 2.05) is 0 Å². The number of hydrogen-bond acceptors (Lipinski definition) is 2. The standard InChI is InChI=1S/C12H13F3N2O/c13-7-5-8(14)10(9(15)6-7)17-11(18)12(16)3-1-2-4-12/h5-6H,1-4,16H2,(H,17,18). The topological polar surface area (TPSA) is 55.1 Å². The third-order valence-corrected chi connectivity index (χ3v) is 3.19. The Morgan fingerprint density at radius 2 is 1.67 bits per heavy atom. The van der Waals surface area contributed by atoms with Crippen molar-refractivity contribution < 1.29 is 18.0 Å². The zero-order chi connectivity index (χ0) is 13.3. The summed E-state index contributed by atoms with van der Waals surface area (Å²) in [5.41, 5.74) is 4.10. The molecule has 18 heavy (non-hydrogen) atoms. The minimum atomic E-state index is -1.15. The minimum Gasteiger partial charge on any atom is -0.320 e. The van der Waals surface area contributed by atoms with Crippen molar-refractivity contribution >= 4 is 11.6 Å². The van der Waals surface area contributed by atoms with Gasteiger partial charge in [0.2, 0.25) is 5.91 Å². The van der Waals surface area contributed by atoms with Gasteiger partial charge in [-0.1, -0.05) is 12.8 Å². The lowest BCUT2D eigenvalue weighted by atomic mass is 9.98. The molecular formula is C12H13F3N2O. The van der Waals surface area contributed by atoms with Crippen LogP contribution in [0.2, 0.25) is 0 Å². The molecule has 0 spiro atoms. The molecule has 1 fully saturated rings.